The van der Waals surface area contributed by atoms with E-state index in [1.54, 1.807) is 11.3 Å². The van der Waals surface area contributed by atoms with Crippen LogP contribution in [0.4, 0.5) is 0 Å². The lowest BCUT2D eigenvalue weighted by Gasteiger charge is -2.24. The van der Waals surface area contributed by atoms with Gasteiger partial charge in [0, 0.05) is 18.0 Å². The van der Waals surface area contributed by atoms with Gasteiger partial charge < -0.3 is 9.64 Å². The summed E-state index contributed by atoms with van der Waals surface area (Å²) in [6.07, 6.45) is 4.53. The number of hydrogen-bond acceptors (Lipinski definition) is 3. The molecular weight excluding hydrogens is 306 g/mol. The van der Waals surface area contributed by atoms with Crippen molar-refractivity contribution in [2.45, 2.75) is 37.8 Å². The van der Waals surface area contributed by atoms with Gasteiger partial charge in [-0.05, 0) is 43.4 Å². The van der Waals surface area contributed by atoms with Gasteiger partial charge in [0.15, 0.2) is 0 Å². The van der Waals surface area contributed by atoms with Crippen LogP contribution >= 0.6 is 11.3 Å². The van der Waals surface area contributed by atoms with Gasteiger partial charge in [-0.2, -0.15) is 0 Å². The largest absolute Gasteiger partial charge is 0.373 e. The first-order chi connectivity index (χ1) is 11.3. The van der Waals surface area contributed by atoms with E-state index in [-0.39, 0.29) is 18.1 Å². The summed E-state index contributed by atoms with van der Waals surface area (Å²) in [6, 6.07) is 14.7. The lowest BCUT2D eigenvalue weighted by molar-refractivity contribution is 0.0740. The summed E-state index contributed by atoms with van der Waals surface area (Å²) in [5.41, 5.74) is 1.24. The highest BCUT2D eigenvalue weighted by Crippen LogP contribution is 2.37. The molecule has 3 nitrogen and oxygen atoms in total. The maximum absolute atomic E-state index is 13.0. The summed E-state index contributed by atoms with van der Waals surface area (Å²) < 4.78 is 5.73. The first kappa shape index (κ1) is 14.9. The standard InChI is InChI=1S/C19H21NO2S/c21-19(18-11-10-17(23-18)16-9-5-13-22-16)20-12-4-8-15(20)14-6-2-1-3-7-14/h1-3,6-7,10-11,15-16H,4-5,8-9,12-13H2/t15-,16-/m0/s1. The van der Waals surface area contributed by atoms with E-state index < -0.39 is 0 Å². The summed E-state index contributed by atoms with van der Waals surface area (Å²) in [5.74, 6) is 0.172. The van der Waals surface area contributed by atoms with E-state index in [9.17, 15) is 4.79 Å². The molecule has 0 aliphatic carbocycles. The minimum absolute atomic E-state index is 0.172. The van der Waals surface area contributed by atoms with E-state index >= 15 is 0 Å². The zero-order valence-corrected chi connectivity index (χ0v) is 13.9. The van der Waals surface area contributed by atoms with E-state index in [2.05, 4.69) is 30.3 Å². The van der Waals surface area contributed by atoms with Crippen molar-refractivity contribution in [2.75, 3.05) is 13.2 Å². The second-order valence-electron chi connectivity index (χ2n) is 6.27. The van der Waals surface area contributed by atoms with Gasteiger partial charge in [-0.1, -0.05) is 30.3 Å². The molecule has 0 bridgehead atoms. The van der Waals surface area contributed by atoms with Crippen LogP contribution in [0.5, 0.6) is 0 Å². The normalized spacial score (nSPS) is 24.3. The third-order valence-electron chi connectivity index (χ3n) is 4.78. The lowest BCUT2D eigenvalue weighted by Crippen LogP contribution is -2.29. The van der Waals surface area contributed by atoms with Gasteiger partial charge in [-0.25, -0.2) is 0 Å². The quantitative estimate of drug-likeness (QED) is 0.826. The van der Waals surface area contributed by atoms with Crippen molar-refractivity contribution >= 4 is 17.2 Å². The molecule has 0 N–H and O–H groups in total. The van der Waals surface area contributed by atoms with E-state index in [4.69, 9.17) is 4.74 Å². The summed E-state index contributed by atoms with van der Waals surface area (Å²) >= 11 is 1.61. The Hall–Kier alpha value is -1.65. The Balaban J connectivity index is 1.54. The molecule has 3 heterocycles. The van der Waals surface area contributed by atoms with Gasteiger partial charge in [0.1, 0.15) is 0 Å². The number of nitrogens with zero attached hydrogens (tertiary/aromatic N) is 1. The lowest BCUT2D eigenvalue weighted by atomic mass is 10.0. The smallest absolute Gasteiger partial charge is 0.264 e. The summed E-state index contributed by atoms with van der Waals surface area (Å²) in [7, 11) is 0. The van der Waals surface area contributed by atoms with Crippen LogP contribution in [0.3, 0.4) is 0 Å². The molecule has 2 aliphatic heterocycles. The van der Waals surface area contributed by atoms with Gasteiger partial charge in [-0.3, -0.25) is 4.79 Å². The van der Waals surface area contributed by atoms with Gasteiger partial charge in [0.05, 0.1) is 17.0 Å². The number of hydrogen-bond donors (Lipinski definition) is 0. The number of likely N-dealkylation sites (tertiary alicyclic amines) is 1. The van der Waals surface area contributed by atoms with Crippen LogP contribution in [0.15, 0.2) is 42.5 Å². The first-order valence-electron chi connectivity index (χ1n) is 8.40. The molecular formula is C19H21NO2S. The molecule has 2 fully saturated rings. The van der Waals surface area contributed by atoms with Crippen molar-refractivity contribution in [3.8, 4) is 0 Å². The monoisotopic (exact) mass is 327 g/mol. The number of carbonyl (C=O) groups is 1. The second kappa shape index (κ2) is 6.46. The molecule has 2 aliphatic rings. The Morgan fingerprint density at radius 1 is 1.09 bits per heavy atom. The number of carbonyl (C=O) groups excluding carboxylic acids is 1. The fourth-order valence-electron chi connectivity index (χ4n) is 3.62. The van der Waals surface area contributed by atoms with Crippen LogP contribution in [0.1, 0.15) is 57.9 Å². The molecule has 0 unspecified atom stereocenters. The van der Waals surface area contributed by atoms with Crippen LogP contribution in [0, 0.1) is 0 Å². The highest BCUT2D eigenvalue weighted by molar-refractivity contribution is 7.14. The number of amides is 1. The molecule has 2 atom stereocenters. The Kier molecular flexibility index (Phi) is 4.19. The van der Waals surface area contributed by atoms with Gasteiger partial charge in [0.25, 0.3) is 5.91 Å². The number of thiophene rings is 1. The average Bonchev–Trinajstić information content (AvgIpc) is 3.35. The first-order valence-corrected chi connectivity index (χ1v) is 9.22. The SMILES string of the molecule is O=C(c1ccc([C@@H]2CCCO2)s1)N1CCC[C@H]1c1ccccc1. The number of rotatable bonds is 3. The zero-order valence-electron chi connectivity index (χ0n) is 13.1. The molecule has 1 amide bonds. The van der Waals surface area contributed by atoms with E-state index in [1.807, 2.05) is 17.0 Å². The topological polar surface area (TPSA) is 29.5 Å². The molecule has 23 heavy (non-hydrogen) atoms. The maximum atomic E-state index is 13.0. The Morgan fingerprint density at radius 3 is 2.74 bits per heavy atom. The predicted octanol–water partition coefficient (Wildman–Crippen LogP) is 4.58. The van der Waals surface area contributed by atoms with E-state index in [1.165, 1.54) is 10.4 Å². The molecule has 0 saturated carbocycles. The van der Waals surface area contributed by atoms with Crippen molar-refractivity contribution in [3.05, 3.63) is 57.8 Å². The molecule has 4 rings (SSSR count). The zero-order chi connectivity index (χ0) is 15.6. The molecule has 2 aromatic rings. The molecule has 0 radical (unpaired) electrons. The molecule has 1 aromatic carbocycles. The minimum Gasteiger partial charge on any atom is -0.373 e. The van der Waals surface area contributed by atoms with Gasteiger partial charge in [-0.15, -0.1) is 11.3 Å². The van der Waals surface area contributed by atoms with Gasteiger partial charge in [0.2, 0.25) is 0 Å². The third-order valence-corrected chi connectivity index (χ3v) is 5.95. The Bertz CT molecular complexity index is 676. The molecule has 1 aromatic heterocycles. The van der Waals surface area contributed by atoms with Crippen LogP contribution in [-0.2, 0) is 4.74 Å². The number of ether oxygens (including phenoxy) is 1. The Morgan fingerprint density at radius 2 is 1.96 bits per heavy atom. The minimum atomic E-state index is 0.172. The fourth-order valence-corrected chi connectivity index (χ4v) is 4.66. The van der Waals surface area contributed by atoms with Crippen molar-refractivity contribution < 1.29 is 9.53 Å². The summed E-state index contributed by atoms with van der Waals surface area (Å²) in [4.78, 5) is 17.0. The molecule has 0 spiro atoms. The van der Waals surface area contributed by atoms with E-state index in [0.717, 1.165) is 43.7 Å². The fraction of sp³-hybridized carbons (Fsp3) is 0.421. The highest BCUT2D eigenvalue weighted by atomic mass is 32.1. The predicted molar refractivity (Wildman–Crippen MR) is 91.7 cm³/mol. The van der Waals surface area contributed by atoms with Crippen molar-refractivity contribution in [1.29, 1.82) is 0 Å². The van der Waals surface area contributed by atoms with Crippen LogP contribution < -0.4 is 0 Å². The van der Waals surface area contributed by atoms with Gasteiger partial charge >= 0.3 is 0 Å². The van der Waals surface area contributed by atoms with E-state index in [0.29, 0.717) is 0 Å². The average molecular weight is 327 g/mol. The van der Waals surface area contributed by atoms with Crippen molar-refractivity contribution in [1.82, 2.24) is 4.90 Å². The second-order valence-corrected chi connectivity index (χ2v) is 7.39. The Labute approximate surface area is 140 Å². The van der Waals surface area contributed by atoms with Crippen LogP contribution in [-0.4, -0.2) is 24.0 Å². The van der Waals surface area contributed by atoms with Crippen LogP contribution in [0.25, 0.3) is 0 Å². The number of benzene rings is 1. The summed E-state index contributed by atoms with van der Waals surface area (Å²) in [5, 5.41) is 0. The maximum Gasteiger partial charge on any atom is 0.264 e. The third kappa shape index (κ3) is 2.93. The van der Waals surface area contributed by atoms with Crippen LogP contribution in [0.2, 0.25) is 0 Å². The molecule has 120 valence electrons. The summed E-state index contributed by atoms with van der Waals surface area (Å²) in [6.45, 7) is 1.69. The molecule has 4 heteroatoms. The van der Waals surface area contributed by atoms with Crippen molar-refractivity contribution in [3.63, 3.8) is 0 Å². The highest BCUT2D eigenvalue weighted by Gasteiger charge is 2.31. The van der Waals surface area contributed by atoms with Crippen molar-refractivity contribution in [2.24, 2.45) is 0 Å². The molecule has 2 saturated heterocycles.